The summed E-state index contributed by atoms with van der Waals surface area (Å²) in [6.07, 6.45) is 1.71. The van der Waals surface area contributed by atoms with E-state index < -0.39 is 0 Å². The van der Waals surface area contributed by atoms with Gasteiger partial charge in [0.1, 0.15) is 16.7 Å². The van der Waals surface area contributed by atoms with Crippen LogP contribution in [0.3, 0.4) is 0 Å². The molecule has 4 N–H and O–H groups in total. The number of anilines is 1. The molecule has 0 aromatic carbocycles. The fraction of sp³-hybridized carbons (Fsp3) is 0.400. The van der Waals surface area contributed by atoms with E-state index in [0.717, 1.165) is 12.8 Å². The van der Waals surface area contributed by atoms with Crippen LogP contribution in [-0.4, -0.2) is 24.7 Å². The lowest BCUT2D eigenvalue weighted by Gasteiger charge is -2.06. The smallest absolute Gasteiger partial charge is 0.308 e. The number of H-pyrrole nitrogens is 1. The number of aryl methyl sites for hydroxylation is 1. The van der Waals surface area contributed by atoms with E-state index in [1.165, 1.54) is 16.3 Å². The predicted molar refractivity (Wildman–Crippen MR) is 71.8 cm³/mol. The normalized spacial score (nSPS) is 10.7. The van der Waals surface area contributed by atoms with Crippen molar-refractivity contribution in [3.8, 4) is 0 Å². The first-order chi connectivity index (χ1) is 9.13. The van der Waals surface area contributed by atoms with Gasteiger partial charge in [0.25, 0.3) is 0 Å². The molecular formula is C10H15N7OS. The van der Waals surface area contributed by atoms with Gasteiger partial charge in [0, 0.05) is 19.5 Å². The van der Waals surface area contributed by atoms with Crippen LogP contribution in [0.1, 0.15) is 19.2 Å². The summed E-state index contributed by atoms with van der Waals surface area (Å²) >= 11 is 1.28. The van der Waals surface area contributed by atoms with E-state index in [0.29, 0.717) is 21.8 Å². The Morgan fingerprint density at radius 3 is 2.89 bits per heavy atom. The average molecular weight is 281 g/mol. The molecule has 0 radical (unpaired) electrons. The van der Waals surface area contributed by atoms with E-state index in [4.69, 9.17) is 5.84 Å². The van der Waals surface area contributed by atoms with Crippen LogP contribution in [0.25, 0.3) is 0 Å². The summed E-state index contributed by atoms with van der Waals surface area (Å²) in [5.41, 5.74) is 2.25. The maximum absolute atomic E-state index is 11.3. The van der Waals surface area contributed by atoms with E-state index in [2.05, 4.69) is 32.5 Å². The number of nitrogens with zero attached hydrogens (tertiary/aromatic N) is 4. The first kappa shape index (κ1) is 13.6. The summed E-state index contributed by atoms with van der Waals surface area (Å²) in [4.78, 5) is 19.9. The van der Waals surface area contributed by atoms with E-state index >= 15 is 0 Å². The van der Waals surface area contributed by atoms with Gasteiger partial charge in [-0.3, -0.25) is 4.57 Å². The van der Waals surface area contributed by atoms with Gasteiger partial charge >= 0.3 is 5.69 Å². The first-order valence-electron chi connectivity index (χ1n) is 5.78. The van der Waals surface area contributed by atoms with Crippen molar-refractivity contribution in [2.24, 2.45) is 12.9 Å². The van der Waals surface area contributed by atoms with Crippen LogP contribution in [0.4, 0.5) is 5.82 Å². The molecule has 2 heterocycles. The number of aromatic nitrogens is 5. The maximum atomic E-state index is 11.3. The molecule has 0 saturated heterocycles. The van der Waals surface area contributed by atoms with Crippen LogP contribution >= 0.6 is 11.8 Å². The molecule has 0 amide bonds. The summed E-state index contributed by atoms with van der Waals surface area (Å²) in [7, 11) is 1.64. The van der Waals surface area contributed by atoms with Gasteiger partial charge in [0.05, 0.1) is 0 Å². The van der Waals surface area contributed by atoms with Gasteiger partial charge in [0.2, 0.25) is 0 Å². The number of nitrogens with one attached hydrogen (secondary N) is 2. The molecule has 0 unspecified atom stereocenters. The lowest BCUT2D eigenvalue weighted by atomic mass is 10.3. The van der Waals surface area contributed by atoms with Gasteiger partial charge < -0.3 is 5.43 Å². The Hall–Kier alpha value is -1.87. The van der Waals surface area contributed by atoms with E-state index in [1.54, 1.807) is 13.1 Å². The predicted octanol–water partition coefficient (Wildman–Crippen LogP) is 0.288. The highest BCUT2D eigenvalue weighted by atomic mass is 32.2. The van der Waals surface area contributed by atoms with Gasteiger partial charge in [-0.15, -0.1) is 5.10 Å². The zero-order valence-electron chi connectivity index (χ0n) is 10.7. The van der Waals surface area contributed by atoms with Crippen LogP contribution in [-0.2, 0) is 13.5 Å². The van der Waals surface area contributed by atoms with Crippen molar-refractivity contribution >= 4 is 17.6 Å². The highest BCUT2D eigenvalue weighted by Crippen LogP contribution is 2.24. The SMILES string of the molecule is CCCc1nc(NN)cc(Sc2n[nH]c(=O)n2C)n1. The second kappa shape index (κ2) is 5.85. The summed E-state index contributed by atoms with van der Waals surface area (Å²) in [5.74, 6) is 6.64. The Bertz CT molecular complexity index is 621. The van der Waals surface area contributed by atoms with Gasteiger partial charge in [-0.1, -0.05) is 6.92 Å². The highest BCUT2D eigenvalue weighted by molar-refractivity contribution is 7.99. The fourth-order valence-electron chi connectivity index (χ4n) is 1.45. The quantitative estimate of drug-likeness (QED) is 0.410. The number of hydrazine groups is 1. The Kier molecular flexibility index (Phi) is 4.17. The second-order valence-electron chi connectivity index (χ2n) is 3.87. The second-order valence-corrected chi connectivity index (χ2v) is 4.86. The van der Waals surface area contributed by atoms with Gasteiger partial charge in [-0.25, -0.2) is 25.7 Å². The van der Waals surface area contributed by atoms with Gasteiger partial charge in [-0.05, 0) is 18.2 Å². The van der Waals surface area contributed by atoms with Gasteiger partial charge in [0.15, 0.2) is 5.16 Å². The summed E-state index contributed by atoms with van der Waals surface area (Å²) in [6.45, 7) is 2.05. The summed E-state index contributed by atoms with van der Waals surface area (Å²) in [6, 6.07) is 1.71. The largest absolute Gasteiger partial charge is 0.343 e. The number of nitrogens with two attached hydrogens (primary N) is 1. The third kappa shape index (κ3) is 3.12. The molecule has 2 rings (SSSR count). The number of nitrogen functional groups attached to an aromatic ring is 1. The molecule has 0 bridgehead atoms. The lowest BCUT2D eigenvalue weighted by molar-refractivity contribution is 0.761. The third-order valence-corrected chi connectivity index (χ3v) is 3.37. The average Bonchev–Trinajstić information content (AvgIpc) is 2.71. The Labute approximate surface area is 113 Å². The molecule has 8 nitrogen and oxygen atoms in total. The van der Waals surface area contributed by atoms with Crippen molar-refractivity contribution in [3.63, 3.8) is 0 Å². The molecule has 2 aromatic rings. The monoisotopic (exact) mass is 281 g/mol. The molecule has 0 aliphatic heterocycles. The van der Waals surface area contributed by atoms with Crippen LogP contribution in [0.15, 0.2) is 21.0 Å². The summed E-state index contributed by atoms with van der Waals surface area (Å²) < 4.78 is 1.42. The van der Waals surface area contributed by atoms with Crippen molar-refractivity contribution in [2.75, 3.05) is 5.43 Å². The minimum atomic E-state index is -0.262. The van der Waals surface area contributed by atoms with Crippen LogP contribution in [0.2, 0.25) is 0 Å². The fourth-order valence-corrected chi connectivity index (χ4v) is 2.27. The molecule has 102 valence electrons. The molecule has 0 saturated carbocycles. The number of hydrogen-bond acceptors (Lipinski definition) is 7. The topological polar surface area (TPSA) is 115 Å². The molecule has 0 spiro atoms. The van der Waals surface area contributed by atoms with E-state index in [1.807, 2.05) is 0 Å². The van der Waals surface area contributed by atoms with Crippen molar-refractivity contribution in [1.82, 2.24) is 24.7 Å². The standard InChI is InChI=1S/C10H15N7OS/c1-3-4-6-12-7(14-11)5-8(13-6)19-10-16-15-9(18)17(10)2/h5H,3-4,11H2,1-2H3,(H,15,18)(H,12,13,14). The van der Waals surface area contributed by atoms with Crippen molar-refractivity contribution in [3.05, 3.63) is 22.4 Å². The molecular weight excluding hydrogens is 266 g/mol. The molecule has 2 aromatic heterocycles. The van der Waals surface area contributed by atoms with Crippen LogP contribution in [0.5, 0.6) is 0 Å². The zero-order chi connectivity index (χ0) is 13.8. The molecule has 0 aliphatic carbocycles. The minimum Gasteiger partial charge on any atom is -0.308 e. The van der Waals surface area contributed by atoms with Gasteiger partial charge in [-0.2, -0.15) is 0 Å². The molecule has 9 heteroatoms. The van der Waals surface area contributed by atoms with Crippen molar-refractivity contribution < 1.29 is 0 Å². The number of hydrogen-bond donors (Lipinski definition) is 3. The lowest BCUT2D eigenvalue weighted by Crippen LogP contribution is -2.13. The van der Waals surface area contributed by atoms with Crippen molar-refractivity contribution in [2.45, 2.75) is 29.9 Å². The van der Waals surface area contributed by atoms with E-state index in [9.17, 15) is 4.79 Å². The molecule has 19 heavy (non-hydrogen) atoms. The first-order valence-corrected chi connectivity index (χ1v) is 6.59. The molecule has 0 aliphatic rings. The zero-order valence-corrected chi connectivity index (χ0v) is 11.5. The number of aromatic amines is 1. The minimum absolute atomic E-state index is 0.262. The Morgan fingerprint density at radius 1 is 1.53 bits per heavy atom. The van der Waals surface area contributed by atoms with E-state index in [-0.39, 0.29) is 5.69 Å². The Balaban J connectivity index is 2.31. The molecule has 0 atom stereocenters. The third-order valence-electron chi connectivity index (χ3n) is 2.41. The highest BCUT2D eigenvalue weighted by Gasteiger charge is 2.10. The summed E-state index contributed by atoms with van der Waals surface area (Å²) in [5, 5.41) is 7.52. The Morgan fingerprint density at radius 2 is 2.32 bits per heavy atom. The van der Waals surface area contributed by atoms with Crippen LogP contribution < -0.4 is 17.0 Å². The molecule has 0 fully saturated rings. The maximum Gasteiger partial charge on any atom is 0.343 e. The number of rotatable bonds is 5. The van der Waals surface area contributed by atoms with Crippen LogP contribution in [0, 0.1) is 0 Å². The van der Waals surface area contributed by atoms with Crippen molar-refractivity contribution in [1.29, 1.82) is 0 Å².